The number of nitrogens with two attached hydrogens (primary N) is 1. The van der Waals surface area contributed by atoms with Crippen LogP contribution in [-0.4, -0.2) is 26.9 Å². The molecule has 4 nitrogen and oxygen atoms in total. The second-order valence-electron chi connectivity index (χ2n) is 4.10. The Balaban J connectivity index is 2.27. The molecule has 1 fully saturated rings. The van der Waals surface area contributed by atoms with Crippen molar-refractivity contribution in [2.45, 2.75) is 23.8 Å². The normalized spacial score (nSPS) is 20.6. The van der Waals surface area contributed by atoms with Crippen LogP contribution in [0, 0.1) is 0 Å². The van der Waals surface area contributed by atoms with Crippen molar-refractivity contribution in [2.24, 2.45) is 0 Å². The molecule has 0 aromatic heterocycles. The van der Waals surface area contributed by atoms with Crippen molar-refractivity contribution in [3.8, 4) is 0 Å². The second kappa shape index (κ2) is 4.96. The third-order valence-corrected chi connectivity index (χ3v) is 5.07. The molecular weight excluding hydrogens is 306 g/mol. The maximum Gasteiger partial charge on any atom is 0.182 e. The minimum absolute atomic E-state index is 0.00759. The van der Waals surface area contributed by atoms with Crippen LogP contribution in [0.1, 0.15) is 12.8 Å². The number of benzene rings is 1. The molecular formula is C11H14BrNO3S. The second-order valence-corrected chi connectivity index (χ2v) is 7.02. The van der Waals surface area contributed by atoms with E-state index in [0.717, 1.165) is 12.8 Å². The molecule has 0 bridgehead atoms. The molecule has 17 heavy (non-hydrogen) atoms. The van der Waals surface area contributed by atoms with Crippen LogP contribution in [0.2, 0.25) is 0 Å². The van der Waals surface area contributed by atoms with E-state index in [1.54, 1.807) is 18.2 Å². The Kier molecular flexibility index (Phi) is 3.75. The lowest BCUT2D eigenvalue weighted by Gasteiger charge is -2.12. The molecule has 0 amide bonds. The van der Waals surface area contributed by atoms with Crippen molar-refractivity contribution in [2.75, 3.05) is 18.1 Å². The van der Waals surface area contributed by atoms with Gasteiger partial charge in [0.05, 0.1) is 22.4 Å². The van der Waals surface area contributed by atoms with Crippen LogP contribution in [0.5, 0.6) is 0 Å². The Morgan fingerprint density at radius 1 is 1.47 bits per heavy atom. The summed E-state index contributed by atoms with van der Waals surface area (Å²) in [7, 11) is -3.38. The van der Waals surface area contributed by atoms with Crippen LogP contribution in [0.25, 0.3) is 0 Å². The van der Waals surface area contributed by atoms with Crippen LogP contribution in [0.4, 0.5) is 5.69 Å². The zero-order valence-corrected chi connectivity index (χ0v) is 11.6. The van der Waals surface area contributed by atoms with Gasteiger partial charge in [0.25, 0.3) is 0 Å². The van der Waals surface area contributed by atoms with E-state index in [-0.39, 0.29) is 22.4 Å². The molecule has 94 valence electrons. The molecule has 1 heterocycles. The summed E-state index contributed by atoms with van der Waals surface area (Å²) in [6.45, 7) is 0.647. The molecule has 1 aliphatic heterocycles. The molecule has 0 aliphatic carbocycles. The van der Waals surface area contributed by atoms with Gasteiger partial charge in [-0.1, -0.05) is 15.9 Å². The predicted molar refractivity (Wildman–Crippen MR) is 69.6 cm³/mol. The van der Waals surface area contributed by atoms with E-state index in [2.05, 4.69) is 15.9 Å². The first kappa shape index (κ1) is 12.9. The van der Waals surface area contributed by atoms with Crippen LogP contribution >= 0.6 is 15.9 Å². The fourth-order valence-corrected chi connectivity index (χ4v) is 4.07. The number of sulfone groups is 1. The van der Waals surface area contributed by atoms with Gasteiger partial charge in [0, 0.05) is 11.1 Å². The minimum atomic E-state index is -3.38. The van der Waals surface area contributed by atoms with E-state index in [9.17, 15) is 8.42 Å². The topological polar surface area (TPSA) is 69.4 Å². The fraction of sp³-hybridized carbons (Fsp3) is 0.455. The molecule has 1 atom stereocenters. The summed E-state index contributed by atoms with van der Waals surface area (Å²) in [5, 5.41) is 0. The molecule has 1 aliphatic rings. The summed E-state index contributed by atoms with van der Waals surface area (Å²) in [5.74, 6) is 0.00759. The highest BCUT2D eigenvalue weighted by atomic mass is 79.9. The van der Waals surface area contributed by atoms with Crippen molar-refractivity contribution < 1.29 is 13.2 Å². The van der Waals surface area contributed by atoms with Crippen molar-refractivity contribution in [3.63, 3.8) is 0 Å². The zero-order chi connectivity index (χ0) is 12.5. The summed E-state index contributed by atoms with van der Waals surface area (Å²) in [6, 6.07) is 4.85. The third kappa shape index (κ3) is 3.00. The average molecular weight is 320 g/mol. The summed E-state index contributed by atoms with van der Waals surface area (Å²) in [4.78, 5) is 0.183. The smallest absolute Gasteiger partial charge is 0.182 e. The van der Waals surface area contributed by atoms with E-state index in [1.807, 2.05) is 0 Å². The van der Waals surface area contributed by atoms with E-state index < -0.39 is 9.84 Å². The Bertz CT molecular complexity index is 509. The number of rotatable bonds is 3. The molecule has 0 radical (unpaired) electrons. The van der Waals surface area contributed by atoms with Gasteiger partial charge in [-0.15, -0.1) is 0 Å². The predicted octanol–water partition coefficient (Wildman–Crippen LogP) is 1.98. The molecule has 1 unspecified atom stereocenters. The van der Waals surface area contributed by atoms with Gasteiger partial charge in [-0.3, -0.25) is 0 Å². The van der Waals surface area contributed by atoms with Crippen LogP contribution in [0.3, 0.4) is 0 Å². The maximum absolute atomic E-state index is 12.2. The van der Waals surface area contributed by atoms with Crippen molar-refractivity contribution in [1.82, 2.24) is 0 Å². The standard InChI is InChI=1S/C11H14BrNO3S/c12-8-3-4-10(13)11(6-8)17(14,15)7-9-2-1-5-16-9/h3-4,6,9H,1-2,5,7,13H2. The van der Waals surface area contributed by atoms with E-state index >= 15 is 0 Å². The first-order chi connectivity index (χ1) is 7.99. The molecule has 1 aromatic rings. The Morgan fingerprint density at radius 2 is 2.24 bits per heavy atom. The number of anilines is 1. The van der Waals surface area contributed by atoms with Crippen molar-refractivity contribution in [3.05, 3.63) is 22.7 Å². The van der Waals surface area contributed by atoms with E-state index in [1.165, 1.54) is 0 Å². The molecule has 2 rings (SSSR count). The Morgan fingerprint density at radius 3 is 2.88 bits per heavy atom. The zero-order valence-electron chi connectivity index (χ0n) is 9.23. The molecule has 6 heteroatoms. The fourth-order valence-electron chi connectivity index (χ4n) is 1.89. The van der Waals surface area contributed by atoms with Gasteiger partial charge in [0.1, 0.15) is 0 Å². The van der Waals surface area contributed by atoms with Gasteiger partial charge in [-0.2, -0.15) is 0 Å². The largest absolute Gasteiger partial charge is 0.398 e. The van der Waals surface area contributed by atoms with Crippen molar-refractivity contribution in [1.29, 1.82) is 0 Å². The van der Waals surface area contributed by atoms with Gasteiger partial charge in [0.2, 0.25) is 0 Å². The quantitative estimate of drug-likeness (QED) is 0.865. The van der Waals surface area contributed by atoms with Gasteiger partial charge in [-0.25, -0.2) is 8.42 Å². The summed E-state index contributed by atoms with van der Waals surface area (Å²) in [5.41, 5.74) is 5.99. The van der Waals surface area contributed by atoms with Gasteiger partial charge in [-0.05, 0) is 31.0 Å². The molecule has 0 spiro atoms. The lowest BCUT2D eigenvalue weighted by Crippen LogP contribution is -2.21. The molecule has 0 saturated carbocycles. The highest BCUT2D eigenvalue weighted by molar-refractivity contribution is 9.10. The number of hydrogen-bond acceptors (Lipinski definition) is 4. The summed E-state index contributed by atoms with van der Waals surface area (Å²) < 4.78 is 30.4. The number of nitrogen functional groups attached to an aromatic ring is 1. The van der Waals surface area contributed by atoms with Crippen molar-refractivity contribution >= 4 is 31.5 Å². The van der Waals surface area contributed by atoms with Crippen LogP contribution in [-0.2, 0) is 14.6 Å². The van der Waals surface area contributed by atoms with Gasteiger partial charge >= 0.3 is 0 Å². The number of hydrogen-bond donors (Lipinski definition) is 1. The Labute approximate surface area is 109 Å². The number of halogens is 1. The van der Waals surface area contributed by atoms with Crippen LogP contribution in [0.15, 0.2) is 27.6 Å². The molecule has 1 saturated heterocycles. The minimum Gasteiger partial charge on any atom is -0.398 e. The van der Waals surface area contributed by atoms with Gasteiger partial charge in [0.15, 0.2) is 9.84 Å². The SMILES string of the molecule is Nc1ccc(Br)cc1S(=O)(=O)CC1CCCO1. The summed E-state index contributed by atoms with van der Waals surface area (Å²) in [6.07, 6.45) is 1.53. The Hall–Kier alpha value is -0.590. The first-order valence-corrected chi connectivity index (χ1v) is 7.83. The van der Waals surface area contributed by atoms with E-state index in [0.29, 0.717) is 11.1 Å². The highest BCUT2D eigenvalue weighted by Gasteiger charge is 2.26. The molecule has 2 N–H and O–H groups in total. The highest BCUT2D eigenvalue weighted by Crippen LogP contribution is 2.26. The van der Waals surface area contributed by atoms with Crippen LogP contribution < -0.4 is 5.73 Å². The number of ether oxygens (including phenoxy) is 1. The molecule has 1 aromatic carbocycles. The van der Waals surface area contributed by atoms with Gasteiger partial charge < -0.3 is 10.5 Å². The third-order valence-electron chi connectivity index (χ3n) is 2.74. The first-order valence-electron chi connectivity index (χ1n) is 5.38. The lowest BCUT2D eigenvalue weighted by molar-refractivity contribution is 0.127. The lowest BCUT2D eigenvalue weighted by atomic mass is 10.3. The maximum atomic E-state index is 12.2. The monoisotopic (exact) mass is 319 g/mol. The summed E-state index contributed by atoms with van der Waals surface area (Å²) >= 11 is 3.25. The van der Waals surface area contributed by atoms with E-state index in [4.69, 9.17) is 10.5 Å². The average Bonchev–Trinajstić information content (AvgIpc) is 2.73.